The van der Waals surface area contributed by atoms with E-state index >= 15 is 0 Å². The van der Waals surface area contributed by atoms with Gasteiger partial charge in [0.05, 0.1) is 18.0 Å². The van der Waals surface area contributed by atoms with Gasteiger partial charge in [0, 0.05) is 26.2 Å². The highest BCUT2D eigenvalue weighted by Crippen LogP contribution is 2.15. The van der Waals surface area contributed by atoms with E-state index in [4.69, 9.17) is 10.5 Å². The number of likely N-dealkylation sites (tertiary alicyclic amines) is 1. The summed E-state index contributed by atoms with van der Waals surface area (Å²) < 4.78 is 31.9. The van der Waals surface area contributed by atoms with Crippen molar-refractivity contribution >= 4 is 16.0 Å². The van der Waals surface area contributed by atoms with Crippen LogP contribution < -0.4 is 15.8 Å². The fourth-order valence-electron chi connectivity index (χ4n) is 3.17. The summed E-state index contributed by atoms with van der Waals surface area (Å²) in [6.45, 7) is 6.00. The molecule has 1 aliphatic rings. The summed E-state index contributed by atoms with van der Waals surface area (Å²) in [7, 11) is -2.03. The topological polar surface area (TPSA) is 109 Å². The Balaban J connectivity index is 1.90. The van der Waals surface area contributed by atoms with Gasteiger partial charge in [0.1, 0.15) is 0 Å². The maximum Gasteiger partial charge on any atom is 0.240 e. The summed E-state index contributed by atoms with van der Waals surface area (Å²) >= 11 is 0. The Kier molecular flexibility index (Phi) is 8.49. The van der Waals surface area contributed by atoms with Gasteiger partial charge in [0.2, 0.25) is 10.0 Å². The SMILES string of the molecule is CCN1CCCC1CNC(N)=NCc1cccc(S(=O)(=O)NCCOC)c1. The van der Waals surface area contributed by atoms with Crippen LogP contribution in [0.4, 0.5) is 0 Å². The Hall–Kier alpha value is -1.68. The number of nitrogens with one attached hydrogen (secondary N) is 2. The standard InChI is InChI=1S/C18H31N5O3S/c1-3-23-10-5-7-16(23)14-21-18(19)20-13-15-6-4-8-17(12-15)27(24,25)22-9-11-26-2/h4,6,8,12,16,22H,3,5,7,9-11,13-14H2,1-2H3,(H3,19,20,21). The lowest BCUT2D eigenvalue weighted by molar-refractivity contribution is 0.204. The van der Waals surface area contributed by atoms with E-state index in [1.807, 2.05) is 6.07 Å². The van der Waals surface area contributed by atoms with Crippen molar-refractivity contribution in [1.82, 2.24) is 14.9 Å². The second-order valence-corrected chi connectivity index (χ2v) is 8.31. The molecule has 1 saturated heterocycles. The Labute approximate surface area is 162 Å². The zero-order valence-electron chi connectivity index (χ0n) is 16.1. The number of ether oxygens (including phenoxy) is 1. The van der Waals surface area contributed by atoms with E-state index in [0.717, 1.165) is 25.2 Å². The van der Waals surface area contributed by atoms with Crippen molar-refractivity contribution in [3.63, 3.8) is 0 Å². The maximum atomic E-state index is 12.3. The van der Waals surface area contributed by atoms with Crippen LogP contribution in [0.1, 0.15) is 25.3 Å². The Morgan fingerprint density at radius 1 is 1.44 bits per heavy atom. The molecule has 0 saturated carbocycles. The van der Waals surface area contributed by atoms with E-state index in [2.05, 4.69) is 26.9 Å². The molecule has 2 rings (SSSR count). The van der Waals surface area contributed by atoms with Gasteiger partial charge >= 0.3 is 0 Å². The van der Waals surface area contributed by atoms with Crippen LogP contribution in [-0.2, 0) is 21.3 Å². The number of benzene rings is 1. The van der Waals surface area contributed by atoms with Crippen molar-refractivity contribution in [3.8, 4) is 0 Å². The fraction of sp³-hybridized carbons (Fsp3) is 0.611. The van der Waals surface area contributed by atoms with Crippen molar-refractivity contribution < 1.29 is 13.2 Å². The molecule has 1 unspecified atom stereocenters. The lowest BCUT2D eigenvalue weighted by Crippen LogP contribution is -2.42. The highest BCUT2D eigenvalue weighted by Gasteiger charge is 2.22. The molecule has 1 heterocycles. The number of nitrogens with two attached hydrogens (primary N) is 1. The van der Waals surface area contributed by atoms with Crippen molar-refractivity contribution in [2.75, 3.05) is 39.9 Å². The molecule has 1 aromatic carbocycles. The Morgan fingerprint density at radius 2 is 2.26 bits per heavy atom. The number of guanidine groups is 1. The molecule has 0 aliphatic carbocycles. The molecular formula is C18H31N5O3S. The second-order valence-electron chi connectivity index (χ2n) is 6.54. The number of hydrogen-bond acceptors (Lipinski definition) is 5. The third kappa shape index (κ3) is 6.76. The first-order valence-electron chi connectivity index (χ1n) is 9.31. The number of rotatable bonds is 10. The first-order valence-corrected chi connectivity index (χ1v) is 10.8. The molecule has 1 atom stereocenters. The van der Waals surface area contributed by atoms with Crippen LogP contribution in [0, 0.1) is 0 Å². The van der Waals surface area contributed by atoms with E-state index in [1.165, 1.54) is 20.0 Å². The highest BCUT2D eigenvalue weighted by molar-refractivity contribution is 7.89. The molecular weight excluding hydrogens is 366 g/mol. The molecule has 4 N–H and O–H groups in total. The predicted molar refractivity (Wildman–Crippen MR) is 107 cm³/mol. The normalized spacial score (nSPS) is 18.7. The molecule has 0 aromatic heterocycles. The molecule has 27 heavy (non-hydrogen) atoms. The van der Waals surface area contributed by atoms with Gasteiger partial charge < -0.3 is 15.8 Å². The van der Waals surface area contributed by atoms with Crippen molar-refractivity contribution in [2.24, 2.45) is 10.7 Å². The number of nitrogens with zero attached hydrogens (tertiary/aromatic N) is 2. The molecule has 8 nitrogen and oxygen atoms in total. The summed E-state index contributed by atoms with van der Waals surface area (Å²) in [5.41, 5.74) is 6.75. The molecule has 0 radical (unpaired) electrons. The molecule has 0 bridgehead atoms. The fourth-order valence-corrected chi connectivity index (χ4v) is 4.25. The largest absolute Gasteiger partial charge is 0.383 e. The smallest absolute Gasteiger partial charge is 0.240 e. The van der Waals surface area contributed by atoms with Crippen molar-refractivity contribution in [3.05, 3.63) is 29.8 Å². The van der Waals surface area contributed by atoms with Gasteiger partial charge in [0.25, 0.3) is 0 Å². The van der Waals surface area contributed by atoms with Crippen LogP contribution in [0.3, 0.4) is 0 Å². The van der Waals surface area contributed by atoms with E-state index in [-0.39, 0.29) is 11.4 Å². The first kappa shape index (κ1) is 21.6. The lowest BCUT2D eigenvalue weighted by atomic mass is 10.2. The molecule has 152 valence electrons. The van der Waals surface area contributed by atoms with Gasteiger partial charge in [-0.05, 0) is 43.6 Å². The van der Waals surface area contributed by atoms with Gasteiger partial charge in [-0.15, -0.1) is 0 Å². The lowest BCUT2D eigenvalue weighted by Gasteiger charge is -2.23. The maximum absolute atomic E-state index is 12.3. The van der Waals surface area contributed by atoms with Crippen molar-refractivity contribution in [1.29, 1.82) is 0 Å². The van der Waals surface area contributed by atoms with Crippen molar-refractivity contribution in [2.45, 2.75) is 37.2 Å². The van der Waals surface area contributed by atoms with Gasteiger partial charge in [-0.1, -0.05) is 19.1 Å². The van der Waals surface area contributed by atoms with Gasteiger partial charge in [0.15, 0.2) is 5.96 Å². The van der Waals surface area contributed by atoms with Crippen LogP contribution in [0.2, 0.25) is 0 Å². The number of aliphatic imine (C=N–C) groups is 1. The van der Waals surface area contributed by atoms with E-state index in [0.29, 0.717) is 25.2 Å². The first-order chi connectivity index (χ1) is 13.0. The number of methoxy groups -OCH3 is 1. The molecule has 1 aromatic rings. The minimum atomic E-state index is -3.55. The number of likely N-dealkylation sites (N-methyl/N-ethyl adjacent to an activating group) is 1. The van der Waals surface area contributed by atoms with Crippen LogP contribution in [0.5, 0.6) is 0 Å². The average molecular weight is 398 g/mol. The zero-order chi connectivity index (χ0) is 19.7. The Morgan fingerprint density at radius 3 is 3.00 bits per heavy atom. The van der Waals surface area contributed by atoms with Gasteiger partial charge in [-0.2, -0.15) is 0 Å². The number of sulfonamides is 1. The molecule has 0 spiro atoms. The minimum Gasteiger partial charge on any atom is -0.383 e. The third-order valence-corrected chi connectivity index (χ3v) is 6.12. The monoisotopic (exact) mass is 397 g/mol. The number of hydrogen-bond donors (Lipinski definition) is 3. The van der Waals surface area contributed by atoms with Gasteiger partial charge in [-0.3, -0.25) is 4.90 Å². The summed E-state index contributed by atoms with van der Waals surface area (Å²) in [6.07, 6.45) is 2.39. The molecule has 9 heteroatoms. The van der Waals surface area contributed by atoms with Crippen LogP contribution in [0.25, 0.3) is 0 Å². The average Bonchev–Trinajstić information content (AvgIpc) is 3.12. The third-order valence-electron chi connectivity index (χ3n) is 4.66. The quantitative estimate of drug-likeness (QED) is 0.301. The molecule has 1 fully saturated rings. The summed E-state index contributed by atoms with van der Waals surface area (Å²) in [5, 5.41) is 3.18. The van der Waals surface area contributed by atoms with E-state index < -0.39 is 10.0 Å². The highest BCUT2D eigenvalue weighted by atomic mass is 32.2. The van der Waals surface area contributed by atoms with Crippen LogP contribution in [0.15, 0.2) is 34.2 Å². The Bertz CT molecular complexity index is 723. The van der Waals surface area contributed by atoms with E-state index in [9.17, 15) is 8.42 Å². The van der Waals surface area contributed by atoms with E-state index in [1.54, 1.807) is 18.2 Å². The minimum absolute atomic E-state index is 0.211. The summed E-state index contributed by atoms with van der Waals surface area (Å²) in [4.78, 5) is 6.98. The zero-order valence-corrected chi connectivity index (χ0v) is 17.0. The molecule has 1 aliphatic heterocycles. The summed E-state index contributed by atoms with van der Waals surface area (Å²) in [6, 6.07) is 7.21. The van der Waals surface area contributed by atoms with Crippen LogP contribution in [-0.4, -0.2) is 65.2 Å². The van der Waals surface area contributed by atoms with Gasteiger partial charge in [-0.25, -0.2) is 18.1 Å². The summed E-state index contributed by atoms with van der Waals surface area (Å²) in [5.74, 6) is 0.379. The van der Waals surface area contributed by atoms with Crippen LogP contribution >= 0.6 is 0 Å². The second kappa shape index (κ2) is 10.6. The predicted octanol–water partition coefficient (Wildman–Crippen LogP) is 0.500. The molecule has 0 amide bonds.